The fourth-order valence-electron chi connectivity index (χ4n) is 2.09. The van der Waals surface area contributed by atoms with E-state index in [2.05, 4.69) is 5.32 Å². The number of rotatable bonds is 1. The number of hydrogen-bond acceptors (Lipinski definition) is 2. The number of halogens is 1. The average molecular weight is 253 g/mol. The second-order valence-electron chi connectivity index (χ2n) is 4.04. The second-order valence-corrected chi connectivity index (χ2v) is 4.31. The number of urea groups is 1. The summed E-state index contributed by atoms with van der Waals surface area (Å²) in [6.45, 7) is 1.95. The quantitative estimate of drug-likeness (QED) is 0.777. The van der Waals surface area contributed by atoms with E-state index in [0.717, 1.165) is 17.7 Å². The van der Waals surface area contributed by atoms with Crippen LogP contribution >= 0.6 is 11.6 Å². The highest BCUT2D eigenvalue weighted by Crippen LogP contribution is 2.31. The Labute approximate surface area is 105 Å². The fourth-order valence-corrected chi connectivity index (χ4v) is 2.15. The Morgan fingerprint density at radius 3 is 2.88 bits per heavy atom. The molecule has 1 aliphatic heterocycles. The monoisotopic (exact) mass is 252 g/mol. The van der Waals surface area contributed by atoms with Gasteiger partial charge in [-0.1, -0.05) is 18.2 Å². The summed E-state index contributed by atoms with van der Waals surface area (Å²) >= 11 is 5.36. The second kappa shape index (κ2) is 4.75. The summed E-state index contributed by atoms with van der Waals surface area (Å²) in [5, 5.41) is 2.26. The highest BCUT2D eigenvalue weighted by atomic mass is 35.5. The maximum absolute atomic E-state index is 11.9. The van der Waals surface area contributed by atoms with E-state index in [9.17, 15) is 9.59 Å². The number of benzene rings is 1. The van der Waals surface area contributed by atoms with Gasteiger partial charge in [-0.15, -0.1) is 11.6 Å². The summed E-state index contributed by atoms with van der Waals surface area (Å²) in [4.78, 5) is 24.6. The minimum absolute atomic E-state index is 0.0514. The lowest BCUT2D eigenvalue weighted by molar-refractivity contribution is -0.117. The van der Waals surface area contributed by atoms with E-state index in [-0.39, 0.29) is 11.9 Å². The molecule has 0 aliphatic carbocycles. The van der Waals surface area contributed by atoms with Crippen LogP contribution < -0.4 is 10.2 Å². The Kier molecular flexibility index (Phi) is 3.33. The Morgan fingerprint density at radius 2 is 2.18 bits per heavy atom. The molecule has 90 valence electrons. The van der Waals surface area contributed by atoms with Gasteiger partial charge in [0, 0.05) is 11.7 Å². The van der Waals surface area contributed by atoms with Crippen LogP contribution in [-0.4, -0.2) is 23.9 Å². The molecule has 0 radical (unpaired) electrons. The smallest absolute Gasteiger partial charge is 0.291 e. The van der Waals surface area contributed by atoms with Crippen LogP contribution in [0.2, 0.25) is 0 Å². The van der Waals surface area contributed by atoms with Gasteiger partial charge in [0.15, 0.2) is 0 Å². The van der Waals surface area contributed by atoms with E-state index >= 15 is 0 Å². The van der Waals surface area contributed by atoms with E-state index in [1.165, 1.54) is 0 Å². The molecule has 1 aliphatic rings. The molecule has 1 atom stereocenters. The van der Waals surface area contributed by atoms with Gasteiger partial charge >= 0.3 is 6.03 Å². The molecule has 2 rings (SSSR count). The first-order chi connectivity index (χ1) is 8.13. The van der Waals surface area contributed by atoms with Crippen LogP contribution in [-0.2, 0) is 11.2 Å². The summed E-state index contributed by atoms with van der Waals surface area (Å²) in [6.07, 6.45) is 0.804. The number of nitrogens with one attached hydrogen (secondary N) is 1. The number of fused-ring (bicyclic) bond motifs is 1. The third-order valence-corrected chi connectivity index (χ3v) is 3.04. The molecule has 0 saturated carbocycles. The van der Waals surface area contributed by atoms with Crippen molar-refractivity contribution >= 4 is 29.2 Å². The molecule has 1 N–H and O–H groups in total. The zero-order chi connectivity index (χ0) is 12.4. The van der Waals surface area contributed by atoms with Crippen LogP contribution in [0.15, 0.2) is 24.3 Å². The normalized spacial score (nSPS) is 17.8. The van der Waals surface area contributed by atoms with Crippen molar-refractivity contribution in [1.29, 1.82) is 0 Å². The molecule has 17 heavy (non-hydrogen) atoms. The Balaban J connectivity index is 2.21. The molecule has 1 heterocycles. The number of para-hydroxylation sites is 1. The first-order valence-electron chi connectivity index (χ1n) is 5.40. The Hall–Kier alpha value is -1.55. The third kappa shape index (κ3) is 2.26. The Morgan fingerprint density at radius 1 is 1.47 bits per heavy atom. The van der Waals surface area contributed by atoms with Gasteiger partial charge in [0.1, 0.15) is 5.88 Å². The minimum Gasteiger partial charge on any atom is -0.291 e. The van der Waals surface area contributed by atoms with Crippen LogP contribution in [0, 0.1) is 0 Å². The number of alkyl halides is 1. The predicted octanol–water partition coefficient (Wildman–Crippen LogP) is 1.91. The molecule has 0 bridgehead atoms. The van der Waals surface area contributed by atoms with Crippen molar-refractivity contribution in [3.05, 3.63) is 29.8 Å². The van der Waals surface area contributed by atoms with E-state index in [1.807, 2.05) is 31.2 Å². The van der Waals surface area contributed by atoms with Crippen molar-refractivity contribution in [3.63, 3.8) is 0 Å². The number of nitrogens with zero attached hydrogens (tertiary/aromatic N) is 1. The molecule has 0 saturated heterocycles. The lowest BCUT2D eigenvalue weighted by atomic mass is 10.1. The SMILES string of the molecule is CC1Cc2ccccc2N1C(=O)NC(=O)CCl. The first kappa shape index (κ1) is 11.9. The molecule has 5 heteroatoms. The molecule has 0 aromatic heterocycles. The number of anilines is 1. The molecular formula is C12H13ClN2O2. The topological polar surface area (TPSA) is 49.4 Å². The van der Waals surface area contributed by atoms with E-state index in [0.29, 0.717) is 0 Å². The largest absolute Gasteiger partial charge is 0.328 e. The highest BCUT2D eigenvalue weighted by Gasteiger charge is 2.31. The van der Waals surface area contributed by atoms with Crippen molar-refractivity contribution < 1.29 is 9.59 Å². The molecule has 0 fully saturated rings. The summed E-state index contributed by atoms with van der Waals surface area (Å²) in [5.41, 5.74) is 1.98. The van der Waals surface area contributed by atoms with Gasteiger partial charge in [-0.05, 0) is 25.0 Å². The molecular weight excluding hydrogens is 240 g/mol. The van der Waals surface area contributed by atoms with Crippen molar-refractivity contribution in [3.8, 4) is 0 Å². The number of carbonyl (C=O) groups is 2. The number of amides is 3. The number of imide groups is 1. The average Bonchev–Trinajstić information content (AvgIpc) is 2.64. The molecule has 1 unspecified atom stereocenters. The van der Waals surface area contributed by atoms with Crippen molar-refractivity contribution in [2.24, 2.45) is 0 Å². The standard InChI is InChI=1S/C12H13ClN2O2/c1-8-6-9-4-2-3-5-10(9)15(8)12(17)14-11(16)7-13/h2-5,8H,6-7H2,1H3,(H,14,16,17). The maximum atomic E-state index is 11.9. The summed E-state index contributed by atoms with van der Waals surface area (Å²) < 4.78 is 0. The number of hydrogen-bond donors (Lipinski definition) is 1. The summed E-state index contributed by atoms with van der Waals surface area (Å²) in [5.74, 6) is -0.691. The van der Waals surface area contributed by atoms with Crippen molar-refractivity contribution in [1.82, 2.24) is 5.32 Å². The zero-order valence-corrected chi connectivity index (χ0v) is 10.2. The van der Waals surface area contributed by atoms with E-state index in [4.69, 9.17) is 11.6 Å². The van der Waals surface area contributed by atoms with Gasteiger partial charge in [-0.2, -0.15) is 0 Å². The summed E-state index contributed by atoms with van der Waals surface area (Å²) in [6, 6.07) is 7.33. The third-order valence-electron chi connectivity index (χ3n) is 2.79. The van der Waals surface area contributed by atoms with Crippen molar-refractivity contribution in [2.75, 3.05) is 10.8 Å². The highest BCUT2D eigenvalue weighted by molar-refractivity contribution is 6.28. The molecule has 0 spiro atoms. The Bertz CT molecular complexity index is 462. The lowest BCUT2D eigenvalue weighted by Gasteiger charge is -2.22. The first-order valence-corrected chi connectivity index (χ1v) is 5.94. The van der Waals surface area contributed by atoms with Gasteiger partial charge in [0.25, 0.3) is 0 Å². The van der Waals surface area contributed by atoms with Gasteiger partial charge < -0.3 is 0 Å². The van der Waals surface area contributed by atoms with E-state index in [1.54, 1.807) is 4.90 Å². The van der Waals surface area contributed by atoms with Crippen LogP contribution in [0.4, 0.5) is 10.5 Å². The van der Waals surface area contributed by atoms with Crippen molar-refractivity contribution in [2.45, 2.75) is 19.4 Å². The molecule has 3 amide bonds. The van der Waals surface area contributed by atoms with E-state index < -0.39 is 11.9 Å². The minimum atomic E-state index is -0.478. The maximum Gasteiger partial charge on any atom is 0.328 e. The van der Waals surface area contributed by atoms with Gasteiger partial charge in [0.2, 0.25) is 5.91 Å². The predicted molar refractivity (Wildman–Crippen MR) is 66.3 cm³/mol. The number of carbonyl (C=O) groups excluding carboxylic acids is 2. The van der Waals surface area contributed by atoms with Gasteiger partial charge in [-0.25, -0.2) is 4.79 Å². The fraction of sp³-hybridized carbons (Fsp3) is 0.333. The summed E-state index contributed by atoms with van der Waals surface area (Å²) in [7, 11) is 0. The van der Waals surface area contributed by atoms with Gasteiger partial charge in [-0.3, -0.25) is 15.0 Å². The molecule has 4 nitrogen and oxygen atoms in total. The van der Waals surface area contributed by atoms with Crippen LogP contribution in [0.1, 0.15) is 12.5 Å². The van der Waals surface area contributed by atoms with Gasteiger partial charge in [0.05, 0.1) is 0 Å². The lowest BCUT2D eigenvalue weighted by Crippen LogP contribution is -2.46. The zero-order valence-electron chi connectivity index (χ0n) is 9.44. The molecule has 1 aromatic rings. The van der Waals surface area contributed by atoms with Crippen LogP contribution in [0.25, 0.3) is 0 Å². The molecule has 1 aromatic carbocycles. The van der Waals surface area contributed by atoms with Crippen LogP contribution in [0.3, 0.4) is 0 Å². The van der Waals surface area contributed by atoms with Crippen LogP contribution in [0.5, 0.6) is 0 Å².